The molecule has 1 atom stereocenters. The summed E-state index contributed by atoms with van der Waals surface area (Å²) in [4.78, 5) is 13.1. The van der Waals surface area contributed by atoms with Gasteiger partial charge in [0.15, 0.2) is 5.82 Å². The summed E-state index contributed by atoms with van der Waals surface area (Å²) in [6.45, 7) is 2.33. The molecular formula is C8H11ClN4O. The summed E-state index contributed by atoms with van der Waals surface area (Å²) in [6, 6.07) is 0. The lowest BCUT2D eigenvalue weighted by atomic mass is 10.3. The van der Waals surface area contributed by atoms with E-state index in [2.05, 4.69) is 10.2 Å². The number of amides is 1. The number of aromatic nitrogens is 2. The van der Waals surface area contributed by atoms with Gasteiger partial charge in [-0.1, -0.05) is 0 Å². The van der Waals surface area contributed by atoms with E-state index in [0.29, 0.717) is 24.5 Å². The summed E-state index contributed by atoms with van der Waals surface area (Å²) in [6.07, 6.45) is 0.367. The van der Waals surface area contributed by atoms with E-state index in [9.17, 15) is 4.79 Å². The number of H-pyrrole nitrogens is 1. The molecule has 1 aliphatic rings. The number of anilines is 2. The van der Waals surface area contributed by atoms with Crippen molar-refractivity contribution < 1.29 is 4.79 Å². The smallest absolute Gasteiger partial charge is 0.228 e. The minimum absolute atomic E-state index is 0.00111. The van der Waals surface area contributed by atoms with Crippen LogP contribution in [-0.4, -0.2) is 28.0 Å². The van der Waals surface area contributed by atoms with Gasteiger partial charge in [0.25, 0.3) is 0 Å². The fourth-order valence-electron chi connectivity index (χ4n) is 1.66. The van der Waals surface area contributed by atoms with Gasteiger partial charge in [-0.15, -0.1) is 11.6 Å². The number of hydrogen-bond acceptors (Lipinski definition) is 3. The molecule has 1 aromatic heterocycles. The Morgan fingerprint density at radius 3 is 2.86 bits per heavy atom. The molecule has 6 heteroatoms. The zero-order chi connectivity index (χ0) is 10.3. The largest absolute Gasteiger partial charge is 0.380 e. The predicted octanol–water partition coefficient (Wildman–Crippen LogP) is 0.644. The Kier molecular flexibility index (Phi) is 2.11. The number of carbonyl (C=O) groups is 1. The van der Waals surface area contributed by atoms with Gasteiger partial charge >= 0.3 is 0 Å². The van der Waals surface area contributed by atoms with Crippen molar-refractivity contribution in [1.82, 2.24) is 10.2 Å². The third kappa shape index (κ3) is 1.33. The molecule has 0 saturated carbocycles. The third-order valence-electron chi connectivity index (χ3n) is 2.29. The van der Waals surface area contributed by atoms with Crippen molar-refractivity contribution in [2.75, 3.05) is 17.2 Å². The molecule has 3 N–H and O–H groups in total. The molecule has 1 unspecified atom stereocenters. The van der Waals surface area contributed by atoms with Crippen LogP contribution in [0, 0.1) is 6.92 Å². The normalized spacial score (nSPS) is 22.0. The van der Waals surface area contributed by atoms with Crippen molar-refractivity contribution >= 4 is 29.0 Å². The average molecular weight is 215 g/mol. The summed E-state index contributed by atoms with van der Waals surface area (Å²) in [5.74, 6) is 0.350. The molecule has 0 aliphatic carbocycles. The molecule has 1 saturated heterocycles. The van der Waals surface area contributed by atoms with Crippen molar-refractivity contribution in [2.24, 2.45) is 0 Å². The number of nitrogens with two attached hydrogens (primary N) is 1. The second-order valence-corrected chi connectivity index (χ2v) is 4.01. The fraction of sp³-hybridized carbons (Fsp3) is 0.500. The maximum atomic E-state index is 11.5. The number of carbonyl (C=O) groups excluding carboxylic acids is 1. The Morgan fingerprint density at radius 1 is 1.71 bits per heavy atom. The topological polar surface area (TPSA) is 75.0 Å². The minimum atomic E-state index is -0.129. The van der Waals surface area contributed by atoms with Crippen LogP contribution in [0.3, 0.4) is 0 Å². The summed E-state index contributed by atoms with van der Waals surface area (Å²) in [5, 5.41) is 6.44. The molecule has 5 nitrogen and oxygen atoms in total. The highest BCUT2D eigenvalue weighted by atomic mass is 35.5. The highest BCUT2D eigenvalue weighted by Crippen LogP contribution is 2.30. The van der Waals surface area contributed by atoms with Crippen molar-refractivity contribution in [3.05, 3.63) is 5.69 Å². The Bertz CT molecular complexity index is 356. The lowest BCUT2D eigenvalue weighted by Crippen LogP contribution is -2.25. The average Bonchev–Trinajstić information content (AvgIpc) is 2.57. The molecular weight excluding hydrogens is 204 g/mol. The maximum Gasteiger partial charge on any atom is 0.228 e. The number of halogens is 1. The van der Waals surface area contributed by atoms with Gasteiger partial charge in [-0.3, -0.25) is 9.89 Å². The minimum Gasteiger partial charge on any atom is -0.380 e. The molecule has 1 amide bonds. The van der Waals surface area contributed by atoms with E-state index >= 15 is 0 Å². The first-order chi connectivity index (χ1) is 6.59. The van der Waals surface area contributed by atoms with E-state index in [1.165, 1.54) is 0 Å². The van der Waals surface area contributed by atoms with Crippen molar-refractivity contribution in [2.45, 2.75) is 18.7 Å². The number of nitrogens with one attached hydrogen (secondary N) is 1. The van der Waals surface area contributed by atoms with E-state index in [-0.39, 0.29) is 11.3 Å². The summed E-state index contributed by atoms with van der Waals surface area (Å²) in [7, 11) is 0. The zero-order valence-corrected chi connectivity index (χ0v) is 8.51. The number of nitrogen functional groups attached to an aromatic ring is 1. The summed E-state index contributed by atoms with van der Waals surface area (Å²) >= 11 is 5.89. The monoisotopic (exact) mass is 214 g/mol. The predicted molar refractivity (Wildman–Crippen MR) is 54.3 cm³/mol. The fourth-order valence-corrected chi connectivity index (χ4v) is 1.93. The van der Waals surface area contributed by atoms with E-state index in [1.54, 1.807) is 4.90 Å². The van der Waals surface area contributed by atoms with Gasteiger partial charge in [0, 0.05) is 13.0 Å². The first-order valence-electron chi connectivity index (χ1n) is 4.34. The Hall–Kier alpha value is -1.23. The van der Waals surface area contributed by atoms with Gasteiger partial charge in [-0.2, -0.15) is 5.10 Å². The molecule has 2 rings (SSSR count). The highest BCUT2D eigenvalue weighted by Gasteiger charge is 2.32. The van der Waals surface area contributed by atoms with E-state index < -0.39 is 0 Å². The Morgan fingerprint density at radius 2 is 2.43 bits per heavy atom. The molecule has 0 radical (unpaired) electrons. The van der Waals surface area contributed by atoms with Gasteiger partial charge in [-0.05, 0) is 6.92 Å². The van der Waals surface area contributed by atoms with Crippen LogP contribution in [0.5, 0.6) is 0 Å². The quantitative estimate of drug-likeness (QED) is 0.674. The number of nitrogens with zero attached hydrogens (tertiary/aromatic N) is 2. The van der Waals surface area contributed by atoms with Crippen LogP contribution in [0.1, 0.15) is 12.1 Å². The molecule has 14 heavy (non-hydrogen) atoms. The lowest BCUT2D eigenvalue weighted by Gasteiger charge is -2.15. The van der Waals surface area contributed by atoms with Crippen LogP contribution in [0.4, 0.5) is 11.5 Å². The molecule has 1 fully saturated rings. The molecule has 1 aromatic rings. The van der Waals surface area contributed by atoms with Gasteiger partial charge in [0.2, 0.25) is 5.91 Å². The first-order valence-corrected chi connectivity index (χ1v) is 4.78. The van der Waals surface area contributed by atoms with Crippen molar-refractivity contribution in [3.63, 3.8) is 0 Å². The van der Waals surface area contributed by atoms with Crippen LogP contribution >= 0.6 is 11.6 Å². The van der Waals surface area contributed by atoms with Crippen LogP contribution in [-0.2, 0) is 4.79 Å². The third-order valence-corrected chi connectivity index (χ3v) is 2.58. The molecule has 0 bridgehead atoms. The molecule has 0 spiro atoms. The van der Waals surface area contributed by atoms with Gasteiger partial charge in [0.1, 0.15) is 5.69 Å². The van der Waals surface area contributed by atoms with Gasteiger partial charge in [0.05, 0.1) is 11.1 Å². The maximum absolute atomic E-state index is 11.5. The lowest BCUT2D eigenvalue weighted by molar-refractivity contribution is -0.117. The number of rotatable bonds is 1. The number of aryl methyl sites for hydroxylation is 1. The van der Waals surface area contributed by atoms with Gasteiger partial charge in [-0.25, -0.2) is 0 Å². The standard InChI is InChI=1S/C8H11ClN4O/c1-4-7(8(10)12-11-4)13-3-5(9)2-6(13)14/h5H,2-3H2,1H3,(H3,10,11,12). The molecule has 76 valence electrons. The Labute approximate surface area is 86.2 Å². The van der Waals surface area contributed by atoms with Crippen LogP contribution in [0.2, 0.25) is 0 Å². The van der Waals surface area contributed by atoms with Crippen molar-refractivity contribution in [1.29, 1.82) is 0 Å². The summed E-state index contributed by atoms with van der Waals surface area (Å²) < 4.78 is 0. The second-order valence-electron chi connectivity index (χ2n) is 3.39. The zero-order valence-electron chi connectivity index (χ0n) is 7.75. The first kappa shape index (κ1) is 9.33. The van der Waals surface area contributed by atoms with Crippen LogP contribution in [0.15, 0.2) is 0 Å². The highest BCUT2D eigenvalue weighted by molar-refractivity contribution is 6.24. The number of aromatic amines is 1. The van der Waals surface area contributed by atoms with Crippen LogP contribution < -0.4 is 10.6 Å². The van der Waals surface area contributed by atoms with E-state index in [0.717, 1.165) is 5.69 Å². The Balaban J connectivity index is 2.36. The molecule has 2 heterocycles. The van der Waals surface area contributed by atoms with E-state index in [4.69, 9.17) is 17.3 Å². The van der Waals surface area contributed by atoms with Gasteiger partial charge < -0.3 is 10.6 Å². The molecule has 1 aliphatic heterocycles. The number of hydrogen-bond donors (Lipinski definition) is 2. The van der Waals surface area contributed by atoms with Crippen molar-refractivity contribution in [3.8, 4) is 0 Å². The number of alkyl halides is 1. The van der Waals surface area contributed by atoms with Crippen LogP contribution in [0.25, 0.3) is 0 Å². The van der Waals surface area contributed by atoms with E-state index in [1.807, 2.05) is 6.92 Å². The second kappa shape index (κ2) is 3.16. The summed E-state index contributed by atoms with van der Waals surface area (Å²) in [5.41, 5.74) is 7.11. The SMILES string of the molecule is Cc1[nH]nc(N)c1N1CC(Cl)CC1=O. The molecule has 0 aromatic carbocycles.